The number of hydrogen-bond donors (Lipinski definition) is 2. The lowest BCUT2D eigenvalue weighted by Crippen LogP contribution is -2.42. The Bertz CT molecular complexity index is 219. The van der Waals surface area contributed by atoms with Gasteiger partial charge in [0.1, 0.15) is 0 Å². The van der Waals surface area contributed by atoms with Gasteiger partial charge in [0.2, 0.25) is 0 Å². The van der Waals surface area contributed by atoms with E-state index in [1.165, 1.54) is 12.8 Å². The summed E-state index contributed by atoms with van der Waals surface area (Å²) in [6.07, 6.45) is 8.13. The van der Waals surface area contributed by atoms with Crippen molar-refractivity contribution >= 4 is 6.03 Å². The summed E-state index contributed by atoms with van der Waals surface area (Å²) in [6, 6.07) is 0.120. The number of likely N-dealkylation sites (tertiary alicyclic amines) is 1. The van der Waals surface area contributed by atoms with Crippen LogP contribution in [-0.4, -0.2) is 37.1 Å². The van der Waals surface area contributed by atoms with Crippen LogP contribution in [0.3, 0.4) is 0 Å². The second-order valence-corrected chi connectivity index (χ2v) is 5.32. The Balaban J connectivity index is 2.28. The maximum Gasteiger partial charge on any atom is 0.317 e. The Morgan fingerprint density at radius 3 is 2.44 bits per heavy atom. The summed E-state index contributed by atoms with van der Waals surface area (Å²) in [6.45, 7) is 5.51. The monoisotopic (exact) mass is 255 g/mol. The number of amides is 2. The van der Waals surface area contributed by atoms with E-state index in [1.807, 2.05) is 4.90 Å². The van der Waals surface area contributed by atoms with E-state index in [1.54, 1.807) is 0 Å². The lowest BCUT2D eigenvalue weighted by Gasteiger charge is -2.23. The molecule has 1 fully saturated rings. The summed E-state index contributed by atoms with van der Waals surface area (Å²) in [5, 5.41) is 3.08. The largest absolute Gasteiger partial charge is 0.338 e. The van der Waals surface area contributed by atoms with Gasteiger partial charge in [-0.1, -0.05) is 26.2 Å². The van der Waals surface area contributed by atoms with Crippen molar-refractivity contribution in [3.05, 3.63) is 0 Å². The fourth-order valence-electron chi connectivity index (χ4n) is 2.61. The van der Waals surface area contributed by atoms with Gasteiger partial charge in [0.15, 0.2) is 0 Å². The van der Waals surface area contributed by atoms with Gasteiger partial charge < -0.3 is 16.0 Å². The molecular weight excluding hydrogens is 226 g/mol. The van der Waals surface area contributed by atoms with E-state index >= 15 is 0 Å². The van der Waals surface area contributed by atoms with Crippen molar-refractivity contribution in [1.29, 1.82) is 0 Å². The van der Waals surface area contributed by atoms with Crippen LogP contribution in [0.5, 0.6) is 0 Å². The maximum atomic E-state index is 12.0. The van der Waals surface area contributed by atoms with Crippen LogP contribution in [0, 0.1) is 5.92 Å². The molecule has 106 valence electrons. The molecule has 4 heteroatoms. The van der Waals surface area contributed by atoms with Crippen molar-refractivity contribution in [2.24, 2.45) is 11.7 Å². The Morgan fingerprint density at radius 2 is 1.89 bits per heavy atom. The average Bonchev–Trinajstić information content (AvgIpc) is 2.65. The second kappa shape index (κ2) is 9.20. The summed E-state index contributed by atoms with van der Waals surface area (Å²) >= 11 is 0. The number of carbonyl (C=O) groups excluding carboxylic acids is 1. The van der Waals surface area contributed by atoms with Gasteiger partial charge in [0, 0.05) is 19.6 Å². The van der Waals surface area contributed by atoms with Crippen molar-refractivity contribution in [2.75, 3.05) is 26.2 Å². The summed E-state index contributed by atoms with van der Waals surface area (Å²) in [7, 11) is 0. The minimum Gasteiger partial charge on any atom is -0.338 e. The Labute approximate surface area is 111 Å². The molecule has 1 saturated heterocycles. The van der Waals surface area contributed by atoms with Crippen LogP contribution in [0.4, 0.5) is 4.79 Å². The van der Waals surface area contributed by atoms with E-state index in [0.29, 0.717) is 12.5 Å². The van der Waals surface area contributed by atoms with Gasteiger partial charge in [0.05, 0.1) is 0 Å². The minimum absolute atomic E-state index is 0.120. The first-order valence-electron chi connectivity index (χ1n) is 7.50. The first kappa shape index (κ1) is 15.3. The van der Waals surface area contributed by atoms with Crippen molar-refractivity contribution in [2.45, 2.75) is 51.9 Å². The highest BCUT2D eigenvalue weighted by Crippen LogP contribution is 2.11. The number of nitrogens with two attached hydrogens (primary N) is 1. The molecule has 0 spiro atoms. The molecular formula is C14H29N3O. The highest BCUT2D eigenvalue weighted by molar-refractivity contribution is 5.74. The zero-order chi connectivity index (χ0) is 13.2. The number of hydrogen-bond acceptors (Lipinski definition) is 2. The molecule has 0 radical (unpaired) electrons. The molecule has 1 aliphatic heterocycles. The molecule has 0 aromatic rings. The van der Waals surface area contributed by atoms with Crippen molar-refractivity contribution in [3.63, 3.8) is 0 Å². The maximum absolute atomic E-state index is 12.0. The molecule has 3 N–H and O–H groups in total. The van der Waals surface area contributed by atoms with Crippen LogP contribution in [-0.2, 0) is 0 Å². The third-order valence-corrected chi connectivity index (χ3v) is 3.71. The number of urea groups is 1. The highest BCUT2D eigenvalue weighted by Gasteiger charge is 2.16. The molecule has 1 rings (SSSR count). The van der Waals surface area contributed by atoms with E-state index in [4.69, 9.17) is 5.73 Å². The van der Waals surface area contributed by atoms with Crippen LogP contribution in [0.25, 0.3) is 0 Å². The normalized spacial score (nSPS) is 18.2. The van der Waals surface area contributed by atoms with Crippen molar-refractivity contribution < 1.29 is 4.79 Å². The molecule has 0 bridgehead atoms. The molecule has 0 aromatic heterocycles. The fraction of sp³-hybridized carbons (Fsp3) is 0.929. The van der Waals surface area contributed by atoms with Gasteiger partial charge in [0.25, 0.3) is 0 Å². The van der Waals surface area contributed by atoms with E-state index in [0.717, 1.165) is 51.7 Å². The SMILES string of the molecule is CCCC(CCN)CNC(=O)N1CCCCCC1. The highest BCUT2D eigenvalue weighted by atomic mass is 16.2. The number of nitrogens with one attached hydrogen (secondary N) is 1. The zero-order valence-electron chi connectivity index (χ0n) is 11.8. The first-order valence-corrected chi connectivity index (χ1v) is 7.50. The Morgan fingerprint density at radius 1 is 1.22 bits per heavy atom. The van der Waals surface area contributed by atoms with Crippen LogP contribution in [0.15, 0.2) is 0 Å². The van der Waals surface area contributed by atoms with E-state index in [9.17, 15) is 4.79 Å². The molecule has 0 aliphatic carbocycles. The molecule has 4 nitrogen and oxygen atoms in total. The molecule has 0 saturated carbocycles. The van der Waals surface area contributed by atoms with Crippen LogP contribution in [0.1, 0.15) is 51.9 Å². The predicted octanol–water partition coefficient (Wildman–Crippen LogP) is 2.34. The second-order valence-electron chi connectivity index (χ2n) is 5.32. The van der Waals surface area contributed by atoms with Gasteiger partial charge in [-0.15, -0.1) is 0 Å². The number of nitrogens with zero attached hydrogens (tertiary/aromatic N) is 1. The molecule has 18 heavy (non-hydrogen) atoms. The first-order chi connectivity index (χ1) is 8.77. The van der Waals surface area contributed by atoms with E-state index in [-0.39, 0.29) is 6.03 Å². The van der Waals surface area contributed by atoms with E-state index in [2.05, 4.69) is 12.2 Å². The molecule has 2 amide bonds. The minimum atomic E-state index is 0.120. The summed E-state index contributed by atoms with van der Waals surface area (Å²) in [5.74, 6) is 0.538. The summed E-state index contributed by atoms with van der Waals surface area (Å²) in [4.78, 5) is 14.0. The fourth-order valence-corrected chi connectivity index (χ4v) is 2.61. The zero-order valence-corrected chi connectivity index (χ0v) is 11.8. The molecule has 1 aliphatic rings. The molecule has 1 atom stereocenters. The standard InChI is InChI=1S/C14H29N3O/c1-2-7-13(8-9-15)12-16-14(18)17-10-5-3-4-6-11-17/h13H,2-12,15H2,1H3,(H,16,18). The van der Waals surface area contributed by atoms with Crippen molar-refractivity contribution in [3.8, 4) is 0 Å². The topological polar surface area (TPSA) is 58.4 Å². The number of carbonyl (C=O) groups is 1. The predicted molar refractivity (Wildman–Crippen MR) is 75.5 cm³/mol. The Hall–Kier alpha value is -0.770. The lowest BCUT2D eigenvalue weighted by atomic mass is 10.00. The van der Waals surface area contributed by atoms with Crippen LogP contribution < -0.4 is 11.1 Å². The molecule has 1 heterocycles. The quantitative estimate of drug-likeness (QED) is 0.765. The average molecular weight is 255 g/mol. The summed E-state index contributed by atoms with van der Waals surface area (Å²) < 4.78 is 0. The lowest BCUT2D eigenvalue weighted by molar-refractivity contribution is 0.197. The smallest absolute Gasteiger partial charge is 0.317 e. The van der Waals surface area contributed by atoms with Crippen molar-refractivity contribution in [1.82, 2.24) is 10.2 Å². The molecule has 1 unspecified atom stereocenters. The van der Waals surface area contributed by atoms with Gasteiger partial charge in [-0.25, -0.2) is 4.79 Å². The summed E-state index contributed by atoms with van der Waals surface area (Å²) in [5.41, 5.74) is 5.61. The Kier molecular flexibility index (Phi) is 7.81. The number of rotatable bonds is 6. The van der Waals surface area contributed by atoms with Gasteiger partial charge in [-0.3, -0.25) is 0 Å². The van der Waals surface area contributed by atoms with Gasteiger partial charge in [-0.05, 0) is 38.1 Å². The third kappa shape index (κ3) is 5.71. The third-order valence-electron chi connectivity index (χ3n) is 3.71. The van der Waals surface area contributed by atoms with Crippen LogP contribution >= 0.6 is 0 Å². The van der Waals surface area contributed by atoms with Gasteiger partial charge >= 0.3 is 6.03 Å². The van der Waals surface area contributed by atoms with E-state index < -0.39 is 0 Å². The van der Waals surface area contributed by atoms with Crippen LogP contribution in [0.2, 0.25) is 0 Å². The van der Waals surface area contributed by atoms with Gasteiger partial charge in [-0.2, -0.15) is 0 Å². The molecule has 0 aromatic carbocycles.